The molecule has 2 heterocycles. The van der Waals surface area contributed by atoms with Gasteiger partial charge in [-0.1, -0.05) is 30.7 Å². The van der Waals surface area contributed by atoms with E-state index in [-0.39, 0.29) is 0 Å². The Balaban J connectivity index is 1.51. The Bertz CT molecular complexity index is 502. The summed E-state index contributed by atoms with van der Waals surface area (Å²) in [7, 11) is 0. The minimum Gasteiger partial charge on any atom is -0.396 e. The Morgan fingerprint density at radius 2 is 1.58 bits per heavy atom. The van der Waals surface area contributed by atoms with Crippen LogP contribution in [0.4, 0.5) is 0 Å². The van der Waals surface area contributed by atoms with Crippen molar-refractivity contribution in [2.75, 3.05) is 59.0 Å². The molecule has 0 unspecified atom stereocenters. The minimum atomic E-state index is 0.302. The number of aliphatic hydroxyl groups is 1. The maximum Gasteiger partial charge on any atom is 0.0475 e. The molecule has 0 aliphatic carbocycles. The van der Waals surface area contributed by atoms with Gasteiger partial charge in [-0.05, 0) is 36.1 Å². The van der Waals surface area contributed by atoms with E-state index in [2.05, 4.69) is 33.8 Å². The standard InChI is InChI=1S/C19H30ClN3O/c1-2-21-7-9-22(10-8-21)12-17-13-23(14-18(17)15-24)11-16-3-5-19(20)6-4-16/h3-6,17-18,24H,2,7-15H2,1H3/t17-,18-/m1/s1. The van der Waals surface area contributed by atoms with Crippen LogP contribution in [0.1, 0.15) is 12.5 Å². The number of benzene rings is 1. The smallest absolute Gasteiger partial charge is 0.0475 e. The van der Waals surface area contributed by atoms with Gasteiger partial charge in [0.25, 0.3) is 0 Å². The van der Waals surface area contributed by atoms with Gasteiger partial charge in [0, 0.05) is 64.0 Å². The van der Waals surface area contributed by atoms with Crippen LogP contribution in [0.3, 0.4) is 0 Å². The van der Waals surface area contributed by atoms with E-state index in [1.54, 1.807) is 0 Å². The van der Waals surface area contributed by atoms with Gasteiger partial charge in [-0.3, -0.25) is 4.90 Å². The van der Waals surface area contributed by atoms with Gasteiger partial charge in [0.2, 0.25) is 0 Å². The van der Waals surface area contributed by atoms with Crippen molar-refractivity contribution in [2.45, 2.75) is 13.5 Å². The van der Waals surface area contributed by atoms with Crippen molar-refractivity contribution in [2.24, 2.45) is 11.8 Å². The third-order valence-electron chi connectivity index (χ3n) is 5.61. The summed E-state index contributed by atoms with van der Waals surface area (Å²) in [6, 6.07) is 8.13. The minimum absolute atomic E-state index is 0.302. The van der Waals surface area contributed by atoms with E-state index in [1.807, 2.05) is 12.1 Å². The zero-order valence-corrected chi connectivity index (χ0v) is 15.5. The second-order valence-electron chi connectivity index (χ2n) is 7.26. The average Bonchev–Trinajstić information content (AvgIpc) is 2.99. The van der Waals surface area contributed by atoms with Crippen LogP contribution in [0.2, 0.25) is 5.02 Å². The molecule has 4 nitrogen and oxygen atoms in total. The van der Waals surface area contributed by atoms with Crippen LogP contribution in [-0.2, 0) is 6.54 Å². The van der Waals surface area contributed by atoms with Crippen molar-refractivity contribution in [1.82, 2.24) is 14.7 Å². The molecule has 1 N–H and O–H groups in total. The molecule has 24 heavy (non-hydrogen) atoms. The summed E-state index contributed by atoms with van der Waals surface area (Å²) >= 11 is 5.97. The van der Waals surface area contributed by atoms with Gasteiger partial charge in [-0.15, -0.1) is 0 Å². The lowest BCUT2D eigenvalue weighted by Crippen LogP contribution is -2.48. The Morgan fingerprint density at radius 1 is 0.958 bits per heavy atom. The molecular weight excluding hydrogens is 322 g/mol. The lowest BCUT2D eigenvalue weighted by Gasteiger charge is -2.36. The van der Waals surface area contributed by atoms with E-state index in [9.17, 15) is 5.11 Å². The van der Waals surface area contributed by atoms with E-state index in [0.717, 1.165) is 37.7 Å². The van der Waals surface area contributed by atoms with Crippen LogP contribution in [0.15, 0.2) is 24.3 Å². The first kappa shape index (κ1) is 18.2. The summed E-state index contributed by atoms with van der Waals surface area (Å²) in [6.45, 7) is 12.6. The SMILES string of the molecule is CCN1CCN(C[C@@H]2CN(Cc3ccc(Cl)cc3)C[C@@H]2CO)CC1. The maximum atomic E-state index is 9.80. The molecule has 0 aromatic heterocycles. The predicted molar refractivity (Wildman–Crippen MR) is 99.3 cm³/mol. The van der Waals surface area contributed by atoms with E-state index >= 15 is 0 Å². The van der Waals surface area contributed by atoms with Gasteiger partial charge < -0.3 is 14.9 Å². The van der Waals surface area contributed by atoms with Crippen molar-refractivity contribution in [1.29, 1.82) is 0 Å². The molecule has 2 saturated heterocycles. The van der Waals surface area contributed by atoms with Crippen molar-refractivity contribution in [3.63, 3.8) is 0 Å². The zero-order valence-electron chi connectivity index (χ0n) is 14.7. The van der Waals surface area contributed by atoms with Gasteiger partial charge in [-0.2, -0.15) is 0 Å². The van der Waals surface area contributed by atoms with Gasteiger partial charge in [-0.25, -0.2) is 0 Å². The number of hydrogen-bond donors (Lipinski definition) is 1. The number of hydrogen-bond acceptors (Lipinski definition) is 4. The van der Waals surface area contributed by atoms with Gasteiger partial charge in [0.15, 0.2) is 0 Å². The van der Waals surface area contributed by atoms with Crippen molar-refractivity contribution < 1.29 is 5.11 Å². The van der Waals surface area contributed by atoms with Crippen molar-refractivity contribution in [3.8, 4) is 0 Å². The lowest BCUT2D eigenvalue weighted by atomic mass is 9.96. The molecule has 1 aromatic rings. The predicted octanol–water partition coefficient (Wildman–Crippen LogP) is 2.02. The fourth-order valence-corrected chi connectivity index (χ4v) is 4.17. The van der Waals surface area contributed by atoms with Crippen LogP contribution < -0.4 is 0 Å². The number of rotatable bonds is 6. The first-order valence-corrected chi connectivity index (χ1v) is 9.58. The van der Waals surface area contributed by atoms with Crippen molar-refractivity contribution in [3.05, 3.63) is 34.9 Å². The lowest BCUT2D eigenvalue weighted by molar-refractivity contribution is 0.106. The highest BCUT2D eigenvalue weighted by Gasteiger charge is 2.33. The molecule has 0 saturated carbocycles. The first-order chi connectivity index (χ1) is 11.7. The molecule has 5 heteroatoms. The number of halogens is 1. The van der Waals surface area contributed by atoms with Crippen LogP contribution in [0.5, 0.6) is 0 Å². The highest BCUT2D eigenvalue weighted by molar-refractivity contribution is 6.30. The Hall–Kier alpha value is -0.650. The molecule has 3 rings (SSSR count). The fourth-order valence-electron chi connectivity index (χ4n) is 4.05. The number of nitrogens with zero attached hydrogens (tertiary/aromatic N) is 3. The highest BCUT2D eigenvalue weighted by atomic mass is 35.5. The molecule has 2 aliphatic heterocycles. The molecule has 1 aromatic carbocycles. The molecule has 2 atom stereocenters. The third-order valence-corrected chi connectivity index (χ3v) is 5.86. The molecular formula is C19H30ClN3O. The van der Waals surface area contributed by atoms with Gasteiger partial charge in [0.05, 0.1) is 0 Å². The number of aliphatic hydroxyl groups excluding tert-OH is 1. The van der Waals surface area contributed by atoms with E-state index in [4.69, 9.17) is 11.6 Å². The molecule has 0 radical (unpaired) electrons. The summed E-state index contributed by atoms with van der Waals surface area (Å²) in [5.74, 6) is 0.983. The molecule has 0 amide bonds. The monoisotopic (exact) mass is 351 g/mol. The Kier molecular flexibility index (Phi) is 6.53. The van der Waals surface area contributed by atoms with Gasteiger partial charge in [0.1, 0.15) is 0 Å². The topological polar surface area (TPSA) is 30.0 Å². The van der Waals surface area contributed by atoms with Gasteiger partial charge >= 0.3 is 0 Å². The molecule has 134 valence electrons. The third kappa shape index (κ3) is 4.70. The maximum absolute atomic E-state index is 9.80. The van der Waals surface area contributed by atoms with Crippen LogP contribution >= 0.6 is 11.6 Å². The quantitative estimate of drug-likeness (QED) is 0.849. The summed E-state index contributed by atoms with van der Waals surface area (Å²) < 4.78 is 0. The van der Waals surface area contributed by atoms with Crippen LogP contribution in [0.25, 0.3) is 0 Å². The Labute approximate surface area is 151 Å². The molecule has 0 spiro atoms. The molecule has 2 fully saturated rings. The van der Waals surface area contributed by atoms with Crippen LogP contribution in [-0.4, -0.2) is 78.8 Å². The van der Waals surface area contributed by atoms with E-state index in [1.165, 1.54) is 31.7 Å². The first-order valence-electron chi connectivity index (χ1n) is 9.20. The zero-order chi connectivity index (χ0) is 16.9. The second-order valence-corrected chi connectivity index (χ2v) is 7.69. The summed E-state index contributed by atoms with van der Waals surface area (Å²) in [5, 5.41) is 10.6. The average molecular weight is 352 g/mol. The van der Waals surface area contributed by atoms with Crippen molar-refractivity contribution >= 4 is 11.6 Å². The van der Waals surface area contributed by atoms with E-state index < -0.39 is 0 Å². The number of likely N-dealkylation sites (N-methyl/N-ethyl adjacent to an activating group) is 1. The summed E-state index contributed by atoms with van der Waals surface area (Å²) in [5.41, 5.74) is 1.30. The molecule has 0 bridgehead atoms. The van der Waals surface area contributed by atoms with Crippen LogP contribution in [0, 0.1) is 11.8 Å². The van der Waals surface area contributed by atoms with E-state index in [0.29, 0.717) is 18.4 Å². The fraction of sp³-hybridized carbons (Fsp3) is 0.684. The largest absolute Gasteiger partial charge is 0.396 e. The highest BCUT2D eigenvalue weighted by Crippen LogP contribution is 2.26. The Morgan fingerprint density at radius 3 is 2.21 bits per heavy atom. The summed E-state index contributed by atoms with van der Waals surface area (Å²) in [6.07, 6.45) is 0. The summed E-state index contributed by atoms with van der Waals surface area (Å²) in [4.78, 5) is 7.59. The number of likely N-dealkylation sites (tertiary alicyclic amines) is 1. The normalized spacial score (nSPS) is 27.0. The number of piperazine rings is 1. The molecule has 2 aliphatic rings. The second kappa shape index (κ2) is 8.63.